The number of rotatable bonds is 16. The van der Waals surface area contributed by atoms with E-state index in [2.05, 4.69) is 54.6 Å². The third-order valence-corrected chi connectivity index (χ3v) is 7.87. The Morgan fingerprint density at radius 3 is 2.44 bits per heavy atom. The number of anilines is 4. The van der Waals surface area contributed by atoms with E-state index in [1.807, 2.05) is 25.1 Å². The normalized spacial score (nSPS) is 14.0. The van der Waals surface area contributed by atoms with Gasteiger partial charge in [0.1, 0.15) is 24.2 Å². The zero-order chi connectivity index (χ0) is 32.2. The van der Waals surface area contributed by atoms with Crippen molar-refractivity contribution < 1.29 is 19.0 Å². The molecule has 1 amide bonds. The second kappa shape index (κ2) is 17.2. The van der Waals surface area contributed by atoms with Crippen LogP contribution in [0.4, 0.5) is 23.1 Å². The Bertz CT molecular complexity index is 1400. The Labute approximate surface area is 271 Å². The number of nitrogens with one attached hydrogen (secondary N) is 3. The smallest absolute Gasteiger partial charge is 0.253 e. The number of aryl methyl sites for hydroxylation is 1. The number of amides is 1. The summed E-state index contributed by atoms with van der Waals surface area (Å²) in [6.07, 6.45) is 2.35. The standard InChI is InChI=1S/C32H45ClN8O4/c1-6-44-21-40-13-15-41(16-14-40)22-45-20-39(4)12-11-24-18-29(43-5)28(17-23(24)2)37-32-35-19-26(33)30(38-32)36-27-10-8-7-9-25(27)31(42)34-3/h7-10,17-19H,6,11-16,20-22H2,1-5H3,(H,34,42)(H2,35,36,37,38). The summed E-state index contributed by atoms with van der Waals surface area (Å²) >= 11 is 6.41. The number of ether oxygens (including phenoxy) is 3. The molecule has 1 aliphatic heterocycles. The molecule has 0 spiro atoms. The Balaban J connectivity index is 1.32. The molecule has 0 atom stereocenters. The maximum atomic E-state index is 12.3. The molecule has 1 aliphatic rings. The van der Waals surface area contributed by atoms with Gasteiger partial charge in [-0.2, -0.15) is 4.98 Å². The predicted octanol–water partition coefficient (Wildman–Crippen LogP) is 4.31. The monoisotopic (exact) mass is 640 g/mol. The number of halogens is 1. The van der Waals surface area contributed by atoms with Gasteiger partial charge in [0.25, 0.3) is 5.91 Å². The van der Waals surface area contributed by atoms with Crippen LogP contribution in [-0.2, 0) is 15.9 Å². The lowest BCUT2D eigenvalue weighted by atomic mass is 10.0. The lowest BCUT2D eigenvalue weighted by Gasteiger charge is -2.34. The number of aromatic nitrogens is 2. The topological polar surface area (TPSA) is 116 Å². The summed E-state index contributed by atoms with van der Waals surface area (Å²) in [7, 11) is 5.29. The van der Waals surface area contributed by atoms with Crippen LogP contribution >= 0.6 is 11.6 Å². The highest BCUT2D eigenvalue weighted by atomic mass is 35.5. The quantitative estimate of drug-likeness (QED) is 0.195. The highest BCUT2D eigenvalue weighted by molar-refractivity contribution is 6.33. The van der Waals surface area contributed by atoms with Crippen LogP contribution in [0.1, 0.15) is 28.4 Å². The van der Waals surface area contributed by atoms with E-state index >= 15 is 0 Å². The van der Waals surface area contributed by atoms with E-state index < -0.39 is 0 Å². The van der Waals surface area contributed by atoms with E-state index in [-0.39, 0.29) is 5.91 Å². The molecule has 0 aliphatic carbocycles. The summed E-state index contributed by atoms with van der Waals surface area (Å²) in [5.74, 6) is 1.16. The number of piperazine rings is 1. The minimum atomic E-state index is -0.219. The van der Waals surface area contributed by atoms with Crippen LogP contribution in [0.3, 0.4) is 0 Å². The van der Waals surface area contributed by atoms with Crippen molar-refractivity contribution in [2.75, 3.05) is 91.4 Å². The van der Waals surface area contributed by atoms with Gasteiger partial charge in [0.05, 0.1) is 37.0 Å². The first-order chi connectivity index (χ1) is 21.8. The molecule has 1 aromatic heterocycles. The molecule has 2 heterocycles. The molecule has 0 unspecified atom stereocenters. The largest absolute Gasteiger partial charge is 0.495 e. The summed E-state index contributed by atoms with van der Waals surface area (Å²) in [4.78, 5) is 28.1. The van der Waals surface area contributed by atoms with E-state index in [1.165, 1.54) is 11.8 Å². The van der Waals surface area contributed by atoms with E-state index in [4.69, 9.17) is 25.8 Å². The first-order valence-electron chi connectivity index (χ1n) is 15.1. The Kier molecular flexibility index (Phi) is 13.2. The Morgan fingerprint density at radius 2 is 1.76 bits per heavy atom. The first kappa shape index (κ1) is 34.4. The fourth-order valence-electron chi connectivity index (χ4n) is 4.92. The van der Waals surface area contributed by atoms with E-state index in [1.54, 1.807) is 32.4 Å². The predicted molar refractivity (Wildman–Crippen MR) is 178 cm³/mol. The number of likely N-dealkylation sites (N-methyl/N-ethyl adjacent to an activating group) is 1. The van der Waals surface area contributed by atoms with Crippen molar-refractivity contribution >= 4 is 40.6 Å². The van der Waals surface area contributed by atoms with Crippen molar-refractivity contribution in [2.24, 2.45) is 0 Å². The number of hydrogen-bond donors (Lipinski definition) is 3. The van der Waals surface area contributed by atoms with Gasteiger partial charge in [0, 0.05) is 46.4 Å². The van der Waals surface area contributed by atoms with Gasteiger partial charge < -0.3 is 30.2 Å². The highest BCUT2D eigenvalue weighted by Crippen LogP contribution is 2.32. The van der Waals surface area contributed by atoms with Crippen LogP contribution in [-0.4, -0.2) is 111 Å². The second-order valence-electron chi connectivity index (χ2n) is 10.9. The van der Waals surface area contributed by atoms with Crippen molar-refractivity contribution in [2.45, 2.75) is 20.3 Å². The molecule has 4 rings (SSSR count). The molecule has 13 heteroatoms. The molecule has 45 heavy (non-hydrogen) atoms. The zero-order valence-electron chi connectivity index (χ0n) is 26.9. The van der Waals surface area contributed by atoms with Crippen molar-refractivity contribution in [3.8, 4) is 5.75 Å². The third-order valence-electron chi connectivity index (χ3n) is 7.59. The average Bonchev–Trinajstić information content (AvgIpc) is 3.05. The summed E-state index contributed by atoms with van der Waals surface area (Å²) in [5, 5.41) is 9.38. The molecule has 0 bridgehead atoms. The molecular formula is C32H45ClN8O4. The minimum absolute atomic E-state index is 0.219. The van der Waals surface area contributed by atoms with Crippen molar-refractivity contribution in [3.05, 3.63) is 64.3 Å². The number of hydrogen-bond acceptors (Lipinski definition) is 11. The number of carbonyl (C=O) groups is 1. The van der Waals surface area contributed by atoms with E-state index in [0.717, 1.165) is 57.0 Å². The average molecular weight is 641 g/mol. The Hall–Kier alpha value is -3.52. The van der Waals surface area contributed by atoms with Gasteiger partial charge in [0.15, 0.2) is 5.82 Å². The Morgan fingerprint density at radius 1 is 1.04 bits per heavy atom. The van der Waals surface area contributed by atoms with Gasteiger partial charge in [-0.15, -0.1) is 0 Å². The van der Waals surface area contributed by atoms with Crippen LogP contribution in [0.15, 0.2) is 42.6 Å². The lowest BCUT2D eigenvalue weighted by molar-refractivity contribution is -0.0522. The van der Waals surface area contributed by atoms with Crippen LogP contribution in [0, 0.1) is 6.92 Å². The molecular weight excluding hydrogens is 596 g/mol. The first-order valence-corrected chi connectivity index (χ1v) is 15.5. The summed E-state index contributed by atoms with van der Waals surface area (Å²) in [5.41, 5.74) is 4.08. The van der Waals surface area contributed by atoms with E-state index in [0.29, 0.717) is 54.0 Å². The van der Waals surface area contributed by atoms with Gasteiger partial charge in [-0.3, -0.25) is 19.5 Å². The van der Waals surface area contributed by atoms with Crippen molar-refractivity contribution in [1.82, 2.24) is 30.0 Å². The summed E-state index contributed by atoms with van der Waals surface area (Å²) in [6, 6.07) is 11.2. The molecule has 1 saturated heterocycles. The van der Waals surface area contributed by atoms with Crippen LogP contribution in [0.2, 0.25) is 5.02 Å². The number of para-hydroxylation sites is 1. The third kappa shape index (κ3) is 9.98. The van der Waals surface area contributed by atoms with Crippen LogP contribution in [0.25, 0.3) is 0 Å². The fourth-order valence-corrected chi connectivity index (χ4v) is 5.06. The number of carbonyl (C=O) groups excluding carboxylic acids is 1. The summed E-state index contributed by atoms with van der Waals surface area (Å²) in [6.45, 7) is 11.6. The number of nitrogens with zero attached hydrogens (tertiary/aromatic N) is 5. The molecule has 0 saturated carbocycles. The van der Waals surface area contributed by atoms with Gasteiger partial charge in [-0.1, -0.05) is 23.7 Å². The minimum Gasteiger partial charge on any atom is -0.495 e. The van der Waals surface area contributed by atoms with Gasteiger partial charge in [0.2, 0.25) is 5.95 Å². The molecule has 3 N–H and O–H groups in total. The fraction of sp³-hybridized carbons (Fsp3) is 0.469. The molecule has 0 radical (unpaired) electrons. The zero-order valence-corrected chi connectivity index (χ0v) is 27.6. The van der Waals surface area contributed by atoms with Crippen molar-refractivity contribution in [1.29, 1.82) is 0 Å². The molecule has 1 fully saturated rings. The van der Waals surface area contributed by atoms with Gasteiger partial charge in [-0.05, 0) is 62.7 Å². The second-order valence-corrected chi connectivity index (χ2v) is 11.3. The highest BCUT2D eigenvalue weighted by Gasteiger charge is 2.17. The van der Waals surface area contributed by atoms with Crippen LogP contribution < -0.4 is 20.7 Å². The van der Waals surface area contributed by atoms with Crippen molar-refractivity contribution in [3.63, 3.8) is 0 Å². The number of methoxy groups -OCH3 is 1. The SMILES string of the molecule is CCOCN1CCN(COCN(C)CCc2cc(OC)c(Nc3ncc(Cl)c(Nc4ccccc4C(=O)NC)n3)cc2C)CC1. The number of benzene rings is 2. The molecule has 12 nitrogen and oxygen atoms in total. The summed E-state index contributed by atoms with van der Waals surface area (Å²) < 4.78 is 17.2. The molecule has 244 valence electrons. The van der Waals surface area contributed by atoms with Crippen LogP contribution in [0.5, 0.6) is 5.75 Å². The lowest BCUT2D eigenvalue weighted by Crippen LogP contribution is -2.47. The van der Waals surface area contributed by atoms with E-state index in [9.17, 15) is 4.79 Å². The maximum absolute atomic E-state index is 12.3. The molecule has 3 aromatic rings. The van der Waals surface area contributed by atoms with Gasteiger partial charge in [-0.25, -0.2) is 4.98 Å². The molecule has 2 aromatic carbocycles. The maximum Gasteiger partial charge on any atom is 0.253 e. The van der Waals surface area contributed by atoms with Gasteiger partial charge >= 0.3 is 0 Å².